The first kappa shape index (κ1) is 15.4. The molecule has 0 aromatic carbocycles. The summed E-state index contributed by atoms with van der Waals surface area (Å²) in [6.07, 6.45) is 4.18. The second-order valence-corrected chi connectivity index (χ2v) is 5.98. The zero-order chi connectivity index (χ0) is 16.4. The van der Waals surface area contributed by atoms with Crippen molar-refractivity contribution in [1.82, 2.24) is 29.8 Å². The van der Waals surface area contributed by atoms with E-state index in [-0.39, 0.29) is 0 Å². The quantitative estimate of drug-likeness (QED) is 0.579. The van der Waals surface area contributed by atoms with Gasteiger partial charge in [-0.15, -0.1) is 10.2 Å². The van der Waals surface area contributed by atoms with Crippen LogP contribution in [0.4, 0.5) is 0 Å². The van der Waals surface area contributed by atoms with Crippen molar-refractivity contribution < 1.29 is 0 Å². The van der Waals surface area contributed by atoms with E-state index in [4.69, 9.17) is 5.84 Å². The molecule has 3 aromatic rings. The van der Waals surface area contributed by atoms with Gasteiger partial charge >= 0.3 is 0 Å². The van der Waals surface area contributed by atoms with Crippen molar-refractivity contribution in [2.45, 2.75) is 37.4 Å². The number of aryl methyl sites for hydroxylation is 2. The Morgan fingerprint density at radius 3 is 2.52 bits per heavy atom. The van der Waals surface area contributed by atoms with E-state index in [2.05, 4.69) is 25.1 Å². The summed E-state index contributed by atoms with van der Waals surface area (Å²) in [6.45, 7) is 5.95. The second kappa shape index (κ2) is 6.33. The minimum atomic E-state index is 0.615. The second-order valence-electron chi connectivity index (χ2n) is 5.02. The van der Waals surface area contributed by atoms with Gasteiger partial charge in [-0.3, -0.25) is 4.98 Å². The highest BCUT2D eigenvalue weighted by Gasteiger charge is 2.15. The summed E-state index contributed by atoms with van der Waals surface area (Å²) >= 11 is 1.40. The van der Waals surface area contributed by atoms with Gasteiger partial charge in [0.2, 0.25) is 5.16 Å². The molecule has 0 unspecified atom stereocenters. The molecule has 0 fully saturated rings. The molecule has 3 heterocycles. The molecule has 0 aliphatic carbocycles. The maximum atomic E-state index is 6.02. The largest absolute Gasteiger partial charge is 0.336 e. The summed E-state index contributed by atoms with van der Waals surface area (Å²) in [6, 6.07) is 3.78. The maximum Gasteiger partial charge on any atom is 0.216 e. The first-order valence-electron chi connectivity index (χ1n) is 7.23. The summed E-state index contributed by atoms with van der Waals surface area (Å²) in [4.78, 5) is 13.3. The van der Waals surface area contributed by atoms with Crippen LogP contribution in [0.15, 0.2) is 34.7 Å². The number of nitrogens with two attached hydrogens (primary N) is 1. The summed E-state index contributed by atoms with van der Waals surface area (Å²) in [7, 11) is 0. The third kappa shape index (κ3) is 3.02. The van der Waals surface area contributed by atoms with Gasteiger partial charge in [-0.1, -0.05) is 6.92 Å². The van der Waals surface area contributed by atoms with Gasteiger partial charge in [-0.2, -0.15) is 0 Å². The van der Waals surface area contributed by atoms with Crippen LogP contribution in [0, 0.1) is 13.8 Å². The van der Waals surface area contributed by atoms with Gasteiger partial charge in [0.25, 0.3) is 0 Å². The Bertz CT molecular complexity index is 829. The molecule has 3 rings (SSSR count). The Hall–Kier alpha value is -2.48. The number of nitrogens with zero attached hydrogens (tertiary/aromatic N) is 6. The highest BCUT2D eigenvalue weighted by molar-refractivity contribution is 7.99. The van der Waals surface area contributed by atoms with E-state index in [0.717, 1.165) is 34.1 Å². The molecule has 7 nitrogen and oxygen atoms in total. The molecule has 0 aliphatic rings. The Kier molecular flexibility index (Phi) is 4.24. The predicted octanol–water partition coefficient (Wildman–Crippen LogP) is 2.17. The molecule has 118 valence electrons. The maximum absolute atomic E-state index is 6.02. The Morgan fingerprint density at radius 2 is 1.87 bits per heavy atom. The number of pyridine rings is 1. The minimum Gasteiger partial charge on any atom is -0.336 e. The number of aromatic nitrogens is 6. The van der Waals surface area contributed by atoms with E-state index in [1.54, 1.807) is 12.4 Å². The summed E-state index contributed by atoms with van der Waals surface area (Å²) in [5.74, 6) is 7.42. The summed E-state index contributed by atoms with van der Waals surface area (Å²) in [5, 5.41) is 9.65. The topological polar surface area (TPSA) is 95.4 Å². The number of hydrogen-bond donors (Lipinski definition) is 1. The molecule has 0 bridgehead atoms. The van der Waals surface area contributed by atoms with Gasteiger partial charge in [-0.25, -0.2) is 14.6 Å². The normalized spacial score (nSPS) is 10.9. The fourth-order valence-corrected chi connectivity index (χ4v) is 2.93. The van der Waals surface area contributed by atoms with Gasteiger partial charge in [0, 0.05) is 35.6 Å². The number of hydrogen-bond acceptors (Lipinski definition) is 7. The molecule has 0 saturated carbocycles. The van der Waals surface area contributed by atoms with Crippen molar-refractivity contribution in [1.29, 1.82) is 0 Å². The van der Waals surface area contributed by atoms with Crippen LogP contribution in [0.1, 0.15) is 24.0 Å². The van der Waals surface area contributed by atoms with Crippen LogP contribution in [0.25, 0.3) is 11.4 Å². The molecule has 8 heteroatoms. The first-order valence-corrected chi connectivity index (χ1v) is 8.04. The van der Waals surface area contributed by atoms with Crippen molar-refractivity contribution in [3.8, 4) is 11.4 Å². The molecule has 0 amide bonds. The lowest BCUT2D eigenvalue weighted by atomic mass is 10.2. The summed E-state index contributed by atoms with van der Waals surface area (Å²) in [5.41, 5.74) is 2.86. The molecule has 0 atom stereocenters. The SMILES string of the molecule is CCc1nnc(Sc2nc(-c3ccncc3)nc(C)c2C)n1N. The van der Waals surface area contributed by atoms with E-state index in [0.29, 0.717) is 11.0 Å². The lowest BCUT2D eigenvalue weighted by Gasteiger charge is -2.09. The Morgan fingerprint density at radius 1 is 1.13 bits per heavy atom. The molecule has 0 spiro atoms. The van der Waals surface area contributed by atoms with Gasteiger partial charge in [0.1, 0.15) is 5.03 Å². The Balaban J connectivity index is 2.01. The van der Waals surface area contributed by atoms with E-state index in [1.807, 2.05) is 32.9 Å². The summed E-state index contributed by atoms with van der Waals surface area (Å²) < 4.78 is 1.51. The van der Waals surface area contributed by atoms with E-state index in [9.17, 15) is 0 Å². The van der Waals surface area contributed by atoms with Crippen LogP contribution in [-0.2, 0) is 6.42 Å². The third-order valence-corrected chi connectivity index (χ3v) is 4.57. The highest BCUT2D eigenvalue weighted by Crippen LogP contribution is 2.29. The van der Waals surface area contributed by atoms with Crippen LogP contribution in [0.2, 0.25) is 0 Å². The predicted molar refractivity (Wildman–Crippen MR) is 88.4 cm³/mol. The van der Waals surface area contributed by atoms with Gasteiger partial charge in [0.05, 0.1) is 0 Å². The van der Waals surface area contributed by atoms with Crippen molar-refractivity contribution in [2.24, 2.45) is 0 Å². The highest BCUT2D eigenvalue weighted by atomic mass is 32.2. The zero-order valence-corrected chi connectivity index (χ0v) is 14.0. The molecule has 0 radical (unpaired) electrons. The van der Waals surface area contributed by atoms with Gasteiger partial charge < -0.3 is 5.84 Å². The van der Waals surface area contributed by atoms with Crippen molar-refractivity contribution in [3.05, 3.63) is 41.6 Å². The zero-order valence-electron chi connectivity index (χ0n) is 13.2. The Labute approximate surface area is 138 Å². The van der Waals surface area contributed by atoms with Gasteiger partial charge in [0.15, 0.2) is 11.6 Å². The van der Waals surface area contributed by atoms with Crippen molar-refractivity contribution in [3.63, 3.8) is 0 Å². The standard InChI is InChI=1S/C15H17N7S/c1-4-12-20-21-15(22(12)16)23-14-9(2)10(3)18-13(19-14)11-5-7-17-8-6-11/h5-8H,4,16H2,1-3H3. The van der Waals surface area contributed by atoms with Gasteiger partial charge in [-0.05, 0) is 37.7 Å². The lowest BCUT2D eigenvalue weighted by molar-refractivity contribution is 0.794. The van der Waals surface area contributed by atoms with Crippen LogP contribution in [-0.4, -0.2) is 29.8 Å². The van der Waals surface area contributed by atoms with Crippen LogP contribution in [0.5, 0.6) is 0 Å². The van der Waals surface area contributed by atoms with Crippen molar-refractivity contribution in [2.75, 3.05) is 5.84 Å². The van der Waals surface area contributed by atoms with Crippen LogP contribution < -0.4 is 5.84 Å². The number of nitrogen functional groups attached to an aromatic ring is 1. The third-order valence-electron chi connectivity index (χ3n) is 3.52. The fourth-order valence-electron chi connectivity index (χ4n) is 2.04. The molecule has 0 aliphatic heterocycles. The van der Waals surface area contributed by atoms with Crippen molar-refractivity contribution >= 4 is 11.8 Å². The van der Waals surface area contributed by atoms with E-state index in [1.165, 1.54) is 16.4 Å². The number of rotatable bonds is 4. The molecule has 0 saturated heterocycles. The minimum absolute atomic E-state index is 0.615. The lowest BCUT2D eigenvalue weighted by Crippen LogP contribution is -2.13. The van der Waals surface area contributed by atoms with Crippen LogP contribution in [0.3, 0.4) is 0 Å². The average Bonchev–Trinajstić information content (AvgIpc) is 2.92. The van der Waals surface area contributed by atoms with E-state index < -0.39 is 0 Å². The molecule has 3 aromatic heterocycles. The average molecular weight is 327 g/mol. The molecule has 23 heavy (non-hydrogen) atoms. The fraction of sp³-hybridized carbons (Fsp3) is 0.267. The molecular formula is C15H17N7S. The van der Waals surface area contributed by atoms with Crippen LogP contribution >= 0.6 is 11.8 Å². The molecular weight excluding hydrogens is 310 g/mol. The monoisotopic (exact) mass is 327 g/mol. The molecule has 2 N–H and O–H groups in total. The first-order chi connectivity index (χ1) is 11.1. The van der Waals surface area contributed by atoms with E-state index >= 15 is 0 Å². The smallest absolute Gasteiger partial charge is 0.216 e.